The van der Waals surface area contributed by atoms with Crippen molar-refractivity contribution in [3.63, 3.8) is 0 Å². The third-order valence-electron chi connectivity index (χ3n) is 5.38. The average molecular weight is 568 g/mol. The van der Waals surface area contributed by atoms with Gasteiger partial charge < -0.3 is 16.4 Å². The quantitative estimate of drug-likeness (QED) is 0.0589. The van der Waals surface area contributed by atoms with Gasteiger partial charge in [0.2, 0.25) is 29.5 Å². The Kier molecular flexibility index (Phi) is 14.9. The molecule has 0 unspecified atom stereocenters. The van der Waals surface area contributed by atoms with Crippen molar-refractivity contribution in [2.45, 2.75) is 90.2 Å². The number of rotatable bonds is 23. The van der Waals surface area contributed by atoms with Gasteiger partial charge in [0.15, 0.2) is 0 Å². The van der Waals surface area contributed by atoms with Crippen molar-refractivity contribution in [2.75, 3.05) is 39.3 Å². The van der Waals surface area contributed by atoms with Crippen LogP contribution in [-0.2, 0) is 24.0 Å². The van der Waals surface area contributed by atoms with Gasteiger partial charge in [-0.1, -0.05) is 6.42 Å². The summed E-state index contributed by atoms with van der Waals surface area (Å²) in [5.41, 5.74) is 5.38. The molecule has 0 radical (unpaired) electrons. The van der Waals surface area contributed by atoms with Gasteiger partial charge in [-0.25, -0.2) is 15.2 Å². The second-order valence-corrected chi connectivity index (χ2v) is 8.70. The Hall–Kier alpha value is -2.81. The van der Waals surface area contributed by atoms with Gasteiger partial charge in [0.1, 0.15) is 0 Å². The van der Waals surface area contributed by atoms with Gasteiger partial charge in [-0.2, -0.15) is 0 Å². The van der Waals surface area contributed by atoms with E-state index in [1.54, 1.807) is 0 Å². The monoisotopic (exact) mass is 567 g/mol. The summed E-state index contributed by atoms with van der Waals surface area (Å²) < 4.78 is 52.4. The smallest absolute Gasteiger partial charge is 0.246 e. The number of carbonyl (C=O) groups is 5. The molecule has 5 amide bonds. The van der Waals surface area contributed by atoms with E-state index >= 15 is 0 Å². The fourth-order valence-corrected chi connectivity index (χ4v) is 3.12. The molecule has 226 valence electrons. The highest BCUT2D eigenvalue weighted by molar-refractivity contribution is 5.83. The molecule has 0 fully saturated rings. The molecule has 0 aliphatic heterocycles. The Morgan fingerprint density at radius 3 is 1.74 bits per heavy atom. The summed E-state index contributed by atoms with van der Waals surface area (Å²) in [6.07, 6.45) is -3.33. The summed E-state index contributed by atoms with van der Waals surface area (Å²) >= 11 is 0. The van der Waals surface area contributed by atoms with Crippen molar-refractivity contribution in [1.82, 2.24) is 25.8 Å². The van der Waals surface area contributed by atoms with Crippen LogP contribution in [0.1, 0.15) is 99.8 Å². The Balaban J connectivity index is 4.36. The number of amides is 5. The third kappa shape index (κ3) is 20.8. The molecule has 0 aromatic carbocycles. The summed E-state index contributed by atoms with van der Waals surface area (Å²) in [5, 5.41) is 34.6. The molecule has 14 heteroatoms. The van der Waals surface area contributed by atoms with Crippen molar-refractivity contribution in [1.29, 1.82) is 0 Å². The Morgan fingerprint density at radius 1 is 0.667 bits per heavy atom. The molecule has 0 aliphatic rings. The lowest BCUT2D eigenvalue weighted by Gasteiger charge is -2.15. The van der Waals surface area contributed by atoms with Crippen LogP contribution in [0.15, 0.2) is 0 Å². The molecule has 0 aliphatic carbocycles. The highest BCUT2D eigenvalue weighted by atomic mass is 16.5. The van der Waals surface area contributed by atoms with Gasteiger partial charge >= 0.3 is 0 Å². The van der Waals surface area contributed by atoms with Crippen LogP contribution < -0.4 is 16.4 Å². The first kappa shape index (κ1) is 25.2. The summed E-state index contributed by atoms with van der Waals surface area (Å²) in [5.74, 6) is -5.52. The summed E-state index contributed by atoms with van der Waals surface area (Å²) in [4.78, 5) is 60.0. The number of hydrogen-bond acceptors (Lipinski definition) is 9. The largest absolute Gasteiger partial charge is 0.356 e. The Bertz CT molecular complexity index is 991. The zero-order valence-electron chi connectivity index (χ0n) is 29.3. The minimum absolute atomic E-state index is 0.00677. The van der Waals surface area contributed by atoms with E-state index in [0.29, 0.717) is 30.9 Å². The van der Waals surface area contributed by atoms with Crippen LogP contribution in [0, 0.1) is 0 Å². The first-order valence-corrected chi connectivity index (χ1v) is 13.1. The SMILES string of the molecule is [2H]C([2H])([2H])C(=O)N(O)CCCCCNC(=O)C([2H])([2H])C([2H])([2H])C(=O)N(O)CCCCCNC(=O)CCC(=O)N(O)CCCCCN. The lowest BCUT2D eigenvalue weighted by atomic mass is 10.2. The molecular weight excluding hydrogens is 512 g/mol. The van der Waals surface area contributed by atoms with E-state index in [4.69, 9.17) is 15.3 Å². The maximum Gasteiger partial charge on any atom is 0.246 e. The highest BCUT2D eigenvalue weighted by Crippen LogP contribution is 2.03. The van der Waals surface area contributed by atoms with Crippen molar-refractivity contribution < 1.29 is 49.2 Å². The number of nitrogens with zero attached hydrogens (tertiary/aromatic N) is 3. The van der Waals surface area contributed by atoms with E-state index in [1.807, 2.05) is 0 Å². The first-order chi connectivity index (χ1) is 21.3. The molecule has 7 N–H and O–H groups in total. The van der Waals surface area contributed by atoms with Crippen molar-refractivity contribution in [3.8, 4) is 0 Å². The molecule has 0 aromatic heterocycles. The number of hydrogen-bond donors (Lipinski definition) is 6. The van der Waals surface area contributed by atoms with E-state index in [0.717, 1.165) is 12.8 Å². The average Bonchev–Trinajstić information content (AvgIpc) is 2.99. The van der Waals surface area contributed by atoms with E-state index in [9.17, 15) is 39.6 Å². The molecule has 0 rings (SSSR count). The number of unbranched alkanes of at least 4 members (excludes halogenated alkanes) is 6. The fraction of sp³-hybridized carbons (Fsp3) is 0.800. The second-order valence-electron chi connectivity index (χ2n) is 8.70. The van der Waals surface area contributed by atoms with Crippen molar-refractivity contribution >= 4 is 29.5 Å². The minimum Gasteiger partial charge on any atom is -0.356 e. The minimum atomic E-state index is -3.43. The van der Waals surface area contributed by atoms with E-state index in [1.165, 1.54) is 0 Å². The number of carbonyl (C=O) groups excluding carboxylic acids is 5. The van der Waals surface area contributed by atoms with Crippen LogP contribution in [0.5, 0.6) is 0 Å². The summed E-state index contributed by atoms with van der Waals surface area (Å²) in [7, 11) is 0. The molecule has 0 spiro atoms. The maximum atomic E-state index is 12.5. The summed E-state index contributed by atoms with van der Waals surface area (Å²) in [6.45, 7) is -2.90. The van der Waals surface area contributed by atoms with Crippen LogP contribution in [-0.4, -0.2) is 99.6 Å². The molecule has 0 atom stereocenters. The van der Waals surface area contributed by atoms with E-state index in [-0.39, 0.29) is 81.4 Å². The molecule has 14 nitrogen and oxygen atoms in total. The van der Waals surface area contributed by atoms with Gasteiger partial charge in [-0.15, -0.1) is 0 Å². The van der Waals surface area contributed by atoms with E-state index < -0.39 is 49.1 Å². The molecular formula is C25H48N6O8. The van der Waals surface area contributed by atoms with Gasteiger partial charge in [0, 0.05) is 74.8 Å². The lowest BCUT2D eigenvalue weighted by Crippen LogP contribution is -2.31. The predicted octanol–water partition coefficient (Wildman–Crippen LogP) is 0.922. The highest BCUT2D eigenvalue weighted by Gasteiger charge is 2.14. The Morgan fingerprint density at radius 2 is 1.18 bits per heavy atom. The fourth-order valence-electron chi connectivity index (χ4n) is 3.12. The topological polar surface area (TPSA) is 206 Å². The normalized spacial score (nSPS) is 14.3. The second kappa shape index (κ2) is 23.1. The van der Waals surface area contributed by atoms with Gasteiger partial charge in [0.05, 0.1) is 0 Å². The van der Waals surface area contributed by atoms with Gasteiger partial charge in [-0.05, 0) is 57.9 Å². The van der Waals surface area contributed by atoms with Crippen LogP contribution in [0.25, 0.3) is 0 Å². The molecule has 0 saturated heterocycles. The Labute approximate surface area is 240 Å². The molecule has 0 aromatic rings. The summed E-state index contributed by atoms with van der Waals surface area (Å²) in [6, 6.07) is 0. The van der Waals surface area contributed by atoms with Crippen LogP contribution in [0.4, 0.5) is 0 Å². The van der Waals surface area contributed by atoms with Crippen LogP contribution in [0.3, 0.4) is 0 Å². The number of nitrogens with two attached hydrogens (primary N) is 1. The van der Waals surface area contributed by atoms with Crippen molar-refractivity contribution in [2.24, 2.45) is 5.73 Å². The van der Waals surface area contributed by atoms with Gasteiger partial charge in [0.25, 0.3) is 0 Å². The van der Waals surface area contributed by atoms with Crippen LogP contribution >= 0.6 is 0 Å². The zero-order chi connectivity index (χ0) is 35.6. The number of hydroxylamine groups is 6. The van der Waals surface area contributed by atoms with Crippen molar-refractivity contribution in [3.05, 3.63) is 0 Å². The third-order valence-corrected chi connectivity index (χ3v) is 5.38. The molecule has 0 saturated carbocycles. The standard InChI is InChI=1S/C25H48N6O8/c1-21(32)29(37)18-9-3-6-16-27-22(33)12-14-25(36)31(39)20-10-4-7-17-28-23(34)11-13-24(35)30(38)19-8-2-5-15-26/h37-39H,2-20,26H2,1H3,(H,27,33)(H,28,34)/i1D3,12D2,14D2. The zero-order valence-corrected chi connectivity index (χ0v) is 22.3. The first-order valence-electron chi connectivity index (χ1n) is 16.6. The van der Waals surface area contributed by atoms with E-state index in [2.05, 4.69) is 10.6 Å². The molecule has 0 bridgehead atoms. The molecule has 39 heavy (non-hydrogen) atoms. The molecule has 0 heterocycles. The maximum absolute atomic E-state index is 12.5. The van der Waals surface area contributed by atoms with Gasteiger partial charge in [-0.3, -0.25) is 39.6 Å². The van der Waals surface area contributed by atoms with Crippen LogP contribution in [0.2, 0.25) is 0 Å². The number of nitrogens with one attached hydrogen (secondary N) is 2. The predicted molar refractivity (Wildman–Crippen MR) is 141 cm³/mol. The lowest BCUT2D eigenvalue weighted by molar-refractivity contribution is -0.166.